The molecule has 0 aromatic heterocycles. The number of halogens is 2. The monoisotopic (exact) mass is 268 g/mol. The number of rotatable bonds is 4. The number of primary amides is 1. The molecule has 5 heteroatoms. The standard InChI is InChI=1S/C14H18F2N2O/c1-2-8-3-4-9(5-8)18-13-6-10(14(17)19)11(15)7-12(13)16/h6-9,18H,2-5H2,1H3,(H2,17,19). The molecule has 104 valence electrons. The summed E-state index contributed by atoms with van der Waals surface area (Å²) in [4.78, 5) is 11.1. The van der Waals surface area contributed by atoms with Crippen LogP contribution in [0.1, 0.15) is 43.0 Å². The summed E-state index contributed by atoms with van der Waals surface area (Å²) in [6.07, 6.45) is 4.15. The Balaban J connectivity index is 2.16. The van der Waals surface area contributed by atoms with Crippen molar-refractivity contribution in [2.45, 2.75) is 38.6 Å². The molecule has 2 atom stereocenters. The van der Waals surface area contributed by atoms with E-state index in [9.17, 15) is 13.6 Å². The van der Waals surface area contributed by atoms with Crippen molar-refractivity contribution in [1.29, 1.82) is 0 Å². The lowest BCUT2D eigenvalue weighted by molar-refractivity contribution is 0.0996. The van der Waals surface area contributed by atoms with Gasteiger partial charge in [0.25, 0.3) is 5.91 Å². The first-order valence-corrected chi connectivity index (χ1v) is 6.56. The van der Waals surface area contributed by atoms with Gasteiger partial charge in [-0.2, -0.15) is 0 Å². The molecule has 1 aromatic rings. The van der Waals surface area contributed by atoms with Crippen LogP contribution in [0.4, 0.5) is 14.5 Å². The van der Waals surface area contributed by atoms with Gasteiger partial charge >= 0.3 is 0 Å². The van der Waals surface area contributed by atoms with Crippen LogP contribution in [-0.4, -0.2) is 11.9 Å². The molecule has 3 nitrogen and oxygen atoms in total. The van der Waals surface area contributed by atoms with E-state index in [1.54, 1.807) is 0 Å². The minimum Gasteiger partial charge on any atom is -0.380 e. The highest BCUT2D eigenvalue weighted by molar-refractivity contribution is 5.94. The Hall–Kier alpha value is -1.65. The number of hydrogen-bond donors (Lipinski definition) is 2. The third kappa shape index (κ3) is 3.03. The Kier molecular flexibility index (Phi) is 4.02. The minimum atomic E-state index is -0.923. The summed E-state index contributed by atoms with van der Waals surface area (Å²) < 4.78 is 27.0. The van der Waals surface area contributed by atoms with Gasteiger partial charge in [0.2, 0.25) is 0 Å². The summed E-state index contributed by atoms with van der Waals surface area (Å²) in [6, 6.07) is 2.03. The molecule has 19 heavy (non-hydrogen) atoms. The van der Waals surface area contributed by atoms with Gasteiger partial charge in [-0.25, -0.2) is 8.78 Å². The molecular formula is C14H18F2N2O. The molecule has 1 aliphatic carbocycles. The van der Waals surface area contributed by atoms with E-state index in [4.69, 9.17) is 5.73 Å². The molecule has 1 amide bonds. The number of carbonyl (C=O) groups excluding carboxylic acids is 1. The summed E-state index contributed by atoms with van der Waals surface area (Å²) in [5, 5.41) is 3.05. The van der Waals surface area contributed by atoms with Crippen LogP contribution in [0.25, 0.3) is 0 Å². The molecule has 0 heterocycles. The zero-order valence-electron chi connectivity index (χ0n) is 10.9. The quantitative estimate of drug-likeness (QED) is 0.881. The molecular weight excluding hydrogens is 250 g/mol. The molecule has 0 spiro atoms. The zero-order valence-corrected chi connectivity index (χ0v) is 10.9. The predicted molar refractivity (Wildman–Crippen MR) is 69.9 cm³/mol. The van der Waals surface area contributed by atoms with Crippen LogP contribution in [0.15, 0.2) is 12.1 Å². The normalized spacial score (nSPS) is 22.5. The van der Waals surface area contributed by atoms with E-state index in [1.807, 2.05) is 0 Å². The van der Waals surface area contributed by atoms with Gasteiger partial charge in [-0.1, -0.05) is 13.3 Å². The smallest absolute Gasteiger partial charge is 0.251 e. The Morgan fingerprint density at radius 2 is 2.11 bits per heavy atom. The van der Waals surface area contributed by atoms with Gasteiger partial charge in [0.15, 0.2) is 0 Å². The Morgan fingerprint density at radius 1 is 1.37 bits per heavy atom. The maximum atomic E-state index is 13.7. The van der Waals surface area contributed by atoms with Crippen molar-refractivity contribution in [3.63, 3.8) is 0 Å². The molecule has 2 rings (SSSR count). The lowest BCUT2D eigenvalue weighted by Crippen LogP contribution is -2.19. The maximum absolute atomic E-state index is 13.7. The van der Waals surface area contributed by atoms with Gasteiger partial charge in [0.05, 0.1) is 11.3 Å². The average Bonchev–Trinajstić information content (AvgIpc) is 2.80. The predicted octanol–water partition coefficient (Wildman–Crippen LogP) is 3.05. The molecule has 2 unspecified atom stereocenters. The van der Waals surface area contributed by atoms with Crippen molar-refractivity contribution in [2.75, 3.05) is 5.32 Å². The molecule has 0 aliphatic heterocycles. The number of amides is 1. The fraction of sp³-hybridized carbons (Fsp3) is 0.500. The highest BCUT2D eigenvalue weighted by Gasteiger charge is 2.24. The van der Waals surface area contributed by atoms with E-state index < -0.39 is 17.5 Å². The second-order valence-corrected chi connectivity index (χ2v) is 5.10. The molecule has 0 radical (unpaired) electrons. The number of carbonyl (C=O) groups is 1. The summed E-state index contributed by atoms with van der Waals surface area (Å²) in [6.45, 7) is 2.14. The fourth-order valence-corrected chi connectivity index (χ4v) is 2.65. The molecule has 1 aliphatic rings. The van der Waals surface area contributed by atoms with Gasteiger partial charge in [0, 0.05) is 12.1 Å². The lowest BCUT2D eigenvalue weighted by atomic mass is 10.1. The Labute approximate surface area is 111 Å². The van der Waals surface area contributed by atoms with Crippen LogP contribution in [0.3, 0.4) is 0 Å². The molecule has 3 N–H and O–H groups in total. The van der Waals surface area contributed by atoms with Crippen molar-refractivity contribution in [1.82, 2.24) is 0 Å². The number of benzene rings is 1. The van der Waals surface area contributed by atoms with E-state index in [1.165, 1.54) is 0 Å². The van der Waals surface area contributed by atoms with Crippen molar-refractivity contribution < 1.29 is 13.6 Å². The molecule has 1 saturated carbocycles. The Bertz CT molecular complexity index is 491. The number of nitrogens with two attached hydrogens (primary N) is 1. The van der Waals surface area contributed by atoms with Crippen LogP contribution >= 0.6 is 0 Å². The number of nitrogens with one attached hydrogen (secondary N) is 1. The van der Waals surface area contributed by atoms with Gasteiger partial charge < -0.3 is 11.1 Å². The average molecular weight is 268 g/mol. The third-order valence-corrected chi connectivity index (χ3v) is 3.80. The van der Waals surface area contributed by atoms with E-state index in [0.717, 1.165) is 31.7 Å². The van der Waals surface area contributed by atoms with Crippen molar-refractivity contribution in [2.24, 2.45) is 11.7 Å². The zero-order chi connectivity index (χ0) is 14.0. The van der Waals surface area contributed by atoms with Gasteiger partial charge in [-0.05, 0) is 31.2 Å². The van der Waals surface area contributed by atoms with Crippen molar-refractivity contribution in [3.05, 3.63) is 29.3 Å². The van der Waals surface area contributed by atoms with Crippen LogP contribution in [0.2, 0.25) is 0 Å². The van der Waals surface area contributed by atoms with Gasteiger partial charge in [-0.3, -0.25) is 4.79 Å². The SMILES string of the molecule is CCC1CCC(Nc2cc(C(N)=O)c(F)cc2F)C1. The van der Waals surface area contributed by atoms with E-state index in [2.05, 4.69) is 12.2 Å². The first-order valence-electron chi connectivity index (χ1n) is 6.56. The molecule has 0 saturated heterocycles. The molecule has 0 bridgehead atoms. The largest absolute Gasteiger partial charge is 0.380 e. The maximum Gasteiger partial charge on any atom is 0.251 e. The summed E-state index contributed by atoms with van der Waals surface area (Å²) in [5.41, 5.74) is 4.92. The van der Waals surface area contributed by atoms with Gasteiger partial charge in [-0.15, -0.1) is 0 Å². The molecule has 1 aromatic carbocycles. The van der Waals surface area contributed by atoms with E-state index in [0.29, 0.717) is 12.0 Å². The summed E-state index contributed by atoms with van der Waals surface area (Å²) in [5.74, 6) is -1.86. The van der Waals surface area contributed by atoms with Crippen LogP contribution in [0, 0.1) is 17.6 Å². The lowest BCUT2D eigenvalue weighted by Gasteiger charge is -2.16. The molecule has 1 fully saturated rings. The van der Waals surface area contributed by atoms with E-state index >= 15 is 0 Å². The minimum absolute atomic E-state index is 0.150. The first-order chi connectivity index (χ1) is 9.01. The summed E-state index contributed by atoms with van der Waals surface area (Å²) >= 11 is 0. The second kappa shape index (κ2) is 5.55. The van der Waals surface area contributed by atoms with Crippen LogP contribution in [0.5, 0.6) is 0 Å². The second-order valence-electron chi connectivity index (χ2n) is 5.10. The highest BCUT2D eigenvalue weighted by Crippen LogP contribution is 2.31. The van der Waals surface area contributed by atoms with Gasteiger partial charge in [0.1, 0.15) is 11.6 Å². The van der Waals surface area contributed by atoms with Crippen LogP contribution < -0.4 is 11.1 Å². The Morgan fingerprint density at radius 3 is 2.68 bits per heavy atom. The number of anilines is 1. The van der Waals surface area contributed by atoms with Crippen LogP contribution in [-0.2, 0) is 0 Å². The third-order valence-electron chi connectivity index (χ3n) is 3.80. The summed E-state index contributed by atoms with van der Waals surface area (Å²) in [7, 11) is 0. The van der Waals surface area contributed by atoms with E-state index in [-0.39, 0.29) is 17.3 Å². The number of hydrogen-bond acceptors (Lipinski definition) is 2. The first kappa shape index (κ1) is 13.8. The highest BCUT2D eigenvalue weighted by atomic mass is 19.1. The van der Waals surface area contributed by atoms with Crippen molar-refractivity contribution >= 4 is 11.6 Å². The fourth-order valence-electron chi connectivity index (χ4n) is 2.65. The topological polar surface area (TPSA) is 55.1 Å². The van der Waals surface area contributed by atoms with Crippen molar-refractivity contribution in [3.8, 4) is 0 Å².